The molecule has 4 atom stereocenters. The van der Waals surface area contributed by atoms with Crippen LogP contribution in [-0.2, 0) is 25.5 Å². The summed E-state index contributed by atoms with van der Waals surface area (Å²) in [6.07, 6.45) is 15.5. The van der Waals surface area contributed by atoms with Gasteiger partial charge in [-0.15, -0.1) is 0 Å². The van der Waals surface area contributed by atoms with Crippen molar-refractivity contribution in [3.05, 3.63) is 90.1 Å². The van der Waals surface area contributed by atoms with Crippen LogP contribution >= 0.6 is 0 Å². The Hall–Kier alpha value is -5.25. The number of carbonyl (C=O) groups is 3. The number of ether oxygens (including phenoxy) is 2. The maximum atomic E-state index is 14.3. The second-order valence-corrected chi connectivity index (χ2v) is 15.7. The predicted molar refractivity (Wildman–Crippen MR) is 217 cm³/mol. The molecule has 0 radical (unpaired) electrons. The van der Waals surface area contributed by atoms with E-state index in [4.69, 9.17) is 9.47 Å². The molecular weight excluding hydrogens is 693 g/mol. The lowest BCUT2D eigenvalue weighted by molar-refractivity contribution is -0.143. The summed E-state index contributed by atoms with van der Waals surface area (Å²) in [5.74, 6) is -1.95. The molecule has 5 N–H and O–H groups in total. The number of esters is 2. The van der Waals surface area contributed by atoms with Crippen molar-refractivity contribution in [3.8, 4) is 0 Å². The second kappa shape index (κ2) is 16.2. The number of nitrogens with one attached hydrogen (secondary N) is 4. The zero-order valence-corrected chi connectivity index (χ0v) is 33.5. The molecule has 6 rings (SSSR count). The topological polar surface area (TPSA) is 149 Å². The Labute approximate surface area is 322 Å². The highest BCUT2D eigenvalue weighted by molar-refractivity contribution is 6.19. The molecule has 10 nitrogen and oxygen atoms in total. The van der Waals surface area contributed by atoms with Gasteiger partial charge in [0.15, 0.2) is 5.78 Å². The summed E-state index contributed by atoms with van der Waals surface area (Å²) in [5, 5.41) is 16.9. The van der Waals surface area contributed by atoms with E-state index < -0.39 is 17.9 Å². The largest absolute Gasteiger partial charge is 0.515 e. The van der Waals surface area contributed by atoms with Gasteiger partial charge >= 0.3 is 11.9 Å². The van der Waals surface area contributed by atoms with Crippen LogP contribution in [0.1, 0.15) is 116 Å². The van der Waals surface area contributed by atoms with Crippen molar-refractivity contribution < 1.29 is 29.0 Å². The van der Waals surface area contributed by atoms with Crippen LogP contribution in [-0.4, -0.2) is 57.5 Å². The van der Waals surface area contributed by atoms with Gasteiger partial charge in [0.25, 0.3) is 0 Å². The first-order valence-electron chi connectivity index (χ1n) is 19.6. The molecule has 0 amide bonds. The summed E-state index contributed by atoms with van der Waals surface area (Å²) >= 11 is 0. The van der Waals surface area contributed by atoms with Crippen LogP contribution in [0.15, 0.2) is 23.9 Å². The number of aromatic nitrogens is 3. The lowest BCUT2D eigenvalue weighted by Crippen LogP contribution is -2.38. The highest BCUT2D eigenvalue weighted by atomic mass is 16.5. The van der Waals surface area contributed by atoms with Gasteiger partial charge in [-0.1, -0.05) is 52.3 Å². The number of aliphatic hydroxyl groups excluding tert-OH is 1. The molecule has 0 aromatic carbocycles. The van der Waals surface area contributed by atoms with Crippen molar-refractivity contribution >= 4 is 53.9 Å². The highest BCUT2D eigenvalue weighted by Gasteiger charge is 2.49. The smallest absolute Gasteiger partial charge is 0.320 e. The average molecular weight is 749 g/mol. The normalized spacial score (nSPS) is 22.8. The minimum atomic E-state index is -1.14. The van der Waals surface area contributed by atoms with Crippen LogP contribution in [0.5, 0.6) is 0 Å². The number of aliphatic hydroxyl groups is 1. The minimum Gasteiger partial charge on any atom is -0.515 e. The summed E-state index contributed by atoms with van der Waals surface area (Å²) in [6.45, 7) is 18.9. The van der Waals surface area contributed by atoms with Crippen LogP contribution in [0.3, 0.4) is 0 Å². The first kappa shape index (κ1) is 39.4. The molecular formula is C45H56N4O6. The highest BCUT2D eigenvalue weighted by Crippen LogP contribution is 2.42. The lowest BCUT2D eigenvalue weighted by Gasteiger charge is -2.25. The fourth-order valence-corrected chi connectivity index (χ4v) is 8.74. The van der Waals surface area contributed by atoms with Gasteiger partial charge in [0.2, 0.25) is 0 Å². The van der Waals surface area contributed by atoms with Crippen molar-refractivity contribution in [1.29, 1.82) is 0 Å². The molecule has 3 aromatic heterocycles. The molecule has 1 saturated heterocycles. The number of carbonyl (C=O) groups excluding carboxylic acids is 3. The van der Waals surface area contributed by atoms with Crippen LogP contribution in [0.2, 0.25) is 0 Å². The van der Waals surface area contributed by atoms with Gasteiger partial charge in [-0.05, 0) is 105 Å². The molecule has 0 spiro atoms. The van der Waals surface area contributed by atoms with Gasteiger partial charge in [0.1, 0.15) is 12.5 Å². The van der Waals surface area contributed by atoms with Gasteiger partial charge in [0, 0.05) is 56.8 Å². The van der Waals surface area contributed by atoms with E-state index in [9.17, 15) is 19.5 Å². The number of ketones is 1. The number of hydrogen-bond acceptors (Lipinski definition) is 7. The quantitative estimate of drug-likeness (QED) is 0.0965. The van der Waals surface area contributed by atoms with Crippen molar-refractivity contribution in [2.45, 2.75) is 93.0 Å². The molecule has 292 valence electrons. The molecule has 1 unspecified atom stereocenters. The van der Waals surface area contributed by atoms with Crippen molar-refractivity contribution in [1.82, 2.24) is 20.3 Å². The summed E-state index contributed by atoms with van der Waals surface area (Å²) in [5.41, 5.74) is 9.26. The first-order chi connectivity index (χ1) is 26.3. The second-order valence-electron chi connectivity index (χ2n) is 15.7. The standard InChI is InChI=1S/C45H56N4O6/c1-10-28-25(6)32-19-33-26(7)30(15-16-38(51)55-18-17-24(5)14-12-13-23(3)4)42(48-33)40-41(45(53)54-9)44(52)39-27(8)34(49-43(39)40)20-36-29(11-2)31(22-50)37(47-36)21-35(28)46-32/h10,17,19-23,26,30,41-42,46-50H,1,11-16,18H2,2-9H3/b24-17+,31-22+,33-19-,34-20-,37-21-/t26-,30-,41+,42?/m0/s1. The zero-order valence-electron chi connectivity index (χ0n) is 33.5. The number of aromatic amines is 3. The Morgan fingerprint density at radius 3 is 2.44 bits per heavy atom. The maximum Gasteiger partial charge on any atom is 0.320 e. The SMILES string of the molecule is C=Cc1c2[nH]c(c1C)/C=C1\NC(C3=c4[nH]/c(c(C)c4C(=O)[C@@H]3C(=O)OC)=C\c3[nH]c(/c(=C/O)c3CC)=C\2)[C@@H](CCC(=O)OC/C=C(\C)CCCC(C)C)[C@@H]1C. The third-order valence-corrected chi connectivity index (χ3v) is 11.9. The number of allylic oxidation sites excluding steroid dienone is 2. The van der Waals surface area contributed by atoms with Crippen molar-refractivity contribution in [2.24, 2.45) is 23.7 Å². The fourth-order valence-electron chi connectivity index (χ4n) is 8.74. The van der Waals surface area contributed by atoms with Crippen LogP contribution < -0.4 is 26.6 Å². The van der Waals surface area contributed by atoms with Gasteiger partial charge < -0.3 is 34.8 Å². The van der Waals surface area contributed by atoms with Crippen LogP contribution in [0.25, 0.3) is 36.1 Å². The van der Waals surface area contributed by atoms with E-state index in [1.807, 2.05) is 45.1 Å². The van der Waals surface area contributed by atoms with Crippen LogP contribution in [0, 0.1) is 37.5 Å². The maximum absolute atomic E-state index is 14.3. The van der Waals surface area contributed by atoms with Crippen molar-refractivity contribution in [2.75, 3.05) is 13.7 Å². The number of Topliss-reactive ketones (excluding diaryl/α,β-unsaturated/α-hetero) is 1. The fraction of sp³-hybridized carbons (Fsp3) is 0.444. The molecule has 10 heteroatoms. The Kier molecular flexibility index (Phi) is 11.6. The molecule has 3 aliphatic rings. The number of hydrogen-bond donors (Lipinski definition) is 5. The number of fused-ring (bicyclic) bond motifs is 8. The monoisotopic (exact) mass is 748 g/mol. The molecule has 1 fully saturated rings. The molecule has 8 bridgehead atoms. The third-order valence-electron chi connectivity index (χ3n) is 11.9. The van der Waals surface area contributed by atoms with E-state index in [1.165, 1.54) is 12.7 Å². The Bertz CT molecular complexity index is 2350. The first-order valence-corrected chi connectivity index (χ1v) is 19.6. The average Bonchev–Trinajstić information content (AvgIpc) is 3.90. The Morgan fingerprint density at radius 2 is 1.76 bits per heavy atom. The van der Waals surface area contributed by atoms with E-state index in [0.717, 1.165) is 81.3 Å². The van der Waals surface area contributed by atoms with E-state index in [1.54, 1.807) is 0 Å². The summed E-state index contributed by atoms with van der Waals surface area (Å²) in [6, 6.07) is -0.468. The number of H-pyrrole nitrogens is 3. The van der Waals surface area contributed by atoms with E-state index >= 15 is 0 Å². The summed E-state index contributed by atoms with van der Waals surface area (Å²) in [7, 11) is 1.30. The van der Waals surface area contributed by atoms with Gasteiger partial charge in [-0.3, -0.25) is 14.4 Å². The van der Waals surface area contributed by atoms with E-state index in [2.05, 4.69) is 60.6 Å². The van der Waals surface area contributed by atoms with Gasteiger partial charge in [-0.2, -0.15) is 0 Å². The molecule has 0 saturated carbocycles. The molecule has 3 aromatic rings. The van der Waals surface area contributed by atoms with Crippen molar-refractivity contribution in [3.63, 3.8) is 0 Å². The number of rotatable bonds is 12. The zero-order chi connectivity index (χ0) is 39.7. The number of methoxy groups -OCH3 is 1. The van der Waals surface area contributed by atoms with E-state index in [-0.39, 0.29) is 36.6 Å². The van der Waals surface area contributed by atoms with Crippen LogP contribution in [0.4, 0.5) is 0 Å². The summed E-state index contributed by atoms with van der Waals surface area (Å²) < 4.78 is 11.0. The Morgan fingerprint density at radius 1 is 1.02 bits per heavy atom. The molecule has 55 heavy (non-hydrogen) atoms. The predicted octanol–water partition coefficient (Wildman–Crippen LogP) is 5.26. The van der Waals surface area contributed by atoms with E-state index in [0.29, 0.717) is 40.5 Å². The lowest BCUT2D eigenvalue weighted by atomic mass is 9.80. The van der Waals surface area contributed by atoms with Gasteiger partial charge in [-0.25, -0.2) is 0 Å². The summed E-state index contributed by atoms with van der Waals surface area (Å²) in [4.78, 5) is 51.7. The molecule has 2 aliphatic heterocycles. The molecule has 1 aliphatic carbocycles. The minimum absolute atomic E-state index is 0.0841. The van der Waals surface area contributed by atoms with Gasteiger partial charge in [0.05, 0.1) is 30.1 Å². The Balaban J connectivity index is 1.48. The molecule has 5 heterocycles. The third kappa shape index (κ3) is 7.43.